The number of nitrogens with two attached hydrogens (primary N) is 1. The minimum absolute atomic E-state index is 0.196. The minimum atomic E-state index is -3.47. The van der Waals surface area contributed by atoms with Crippen LogP contribution in [0.5, 0.6) is 0 Å². The molecule has 1 aromatic heterocycles. The molecular weight excluding hydrogens is 260 g/mol. The summed E-state index contributed by atoms with van der Waals surface area (Å²) < 4.78 is 31.9. The molecule has 0 bridgehead atoms. The third-order valence-electron chi connectivity index (χ3n) is 2.19. The van der Waals surface area contributed by atoms with E-state index in [1.54, 1.807) is 12.5 Å². The highest BCUT2D eigenvalue weighted by atomic mass is 32.2. The molecule has 7 heteroatoms. The molecule has 0 aromatic carbocycles. The molecule has 0 saturated carbocycles. The summed E-state index contributed by atoms with van der Waals surface area (Å²) >= 11 is 1.12. The van der Waals surface area contributed by atoms with Crippen molar-refractivity contribution in [2.75, 3.05) is 19.5 Å². The van der Waals surface area contributed by atoms with E-state index in [2.05, 4.69) is 4.72 Å². The number of nitrogen functional groups attached to an aromatic ring is 1. The van der Waals surface area contributed by atoms with E-state index in [1.807, 2.05) is 6.92 Å². The first-order valence-electron chi connectivity index (χ1n) is 5.35. The number of methoxy groups -OCH3 is 1. The molecule has 0 fully saturated rings. The highest BCUT2D eigenvalue weighted by Crippen LogP contribution is 2.21. The maximum absolute atomic E-state index is 12.0. The third-order valence-corrected chi connectivity index (χ3v) is 5.17. The lowest BCUT2D eigenvalue weighted by Gasteiger charge is -2.16. The van der Waals surface area contributed by atoms with Gasteiger partial charge in [-0.25, -0.2) is 13.1 Å². The molecule has 1 heterocycles. The number of sulfonamides is 1. The molecular formula is C10H18N2O3S2. The van der Waals surface area contributed by atoms with E-state index in [0.717, 1.165) is 24.2 Å². The van der Waals surface area contributed by atoms with Gasteiger partial charge in [-0.3, -0.25) is 0 Å². The van der Waals surface area contributed by atoms with Gasteiger partial charge >= 0.3 is 0 Å². The molecule has 1 unspecified atom stereocenters. The van der Waals surface area contributed by atoms with Crippen molar-refractivity contribution in [1.82, 2.24) is 4.72 Å². The highest BCUT2D eigenvalue weighted by molar-refractivity contribution is 7.91. The monoisotopic (exact) mass is 278 g/mol. The van der Waals surface area contributed by atoms with Gasteiger partial charge in [-0.1, -0.05) is 13.3 Å². The molecule has 1 rings (SSSR count). The predicted octanol–water partition coefficient (Wildman–Crippen LogP) is 1.42. The topological polar surface area (TPSA) is 81.4 Å². The molecule has 5 nitrogen and oxygen atoms in total. The number of hydrogen-bond acceptors (Lipinski definition) is 5. The van der Waals surface area contributed by atoms with Crippen molar-refractivity contribution in [2.24, 2.45) is 0 Å². The first kappa shape index (κ1) is 14.4. The van der Waals surface area contributed by atoms with E-state index in [4.69, 9.17) is 10.5 Å². The zero-order valence-electron chi connectivity index (χ0n) is 9.97. The zero-order valence-corrected chi connectivity index (χ0v) is 11.6. The molecule has 0 spiro atoms. The van der Waals surface area contributed by atoms with Crippen molar-refractivity contribution < 1.29 is 13.2 Å². The normalized spacial score (nSPS) is 13.8. The number of anilines is 1. The lowest BCUT2D eigenvalue weighted by Crippen LogP contribution is -2.37. The Balaban J connectivity index is 2.77. The number of ether oxygens (including phenoxy) is 1. The molecule has 1 atom stereocenters. The van der Waals surface area contributed by atoms with Gasteiger partial charge in [-0.15, -0.1) is 11.3 Å². The largest absolute Gasteiger partial charge is 0.398 e. The fourth-order valence-electron chi connectivity index (χ4n) is 1.47. The average Bonchev–Trinajstić information content (AvgIpc) is 2.66. The van der Waals surface area contributed by atoms with Gasteiger partial charge in [0.05, 0.1) is 6.61 Å². The van der Waals surface area contributed by atoms with E-state index < -0.39 is 10.0 Å². The number of nitrogens with one attached hydrogen (secondary N) is 1. The van der Waals surface area contributed by atoms with Gasteiger partial charge in [-0.2, -0.15) is 0 Å². The van der Waals surface area contributed by atoms with E-state index in [-0.39, 0.29) is 10.3 Å². The summed E-state index contributed by atoms with van der Waals surface area (Å²) in [6, 6.07) is 1.27. The van der Waals surface area contributed by atoms with E-state index in [0.29, 0.717) is 12.3 Å². The maximum Gasteiger partial charge on any atom is 0.250 e. The fourth-order valence-corrected chi connectivity index (χ4v) is 3.83. The summed E-state index contributed by atoms with van der Waals surface area (Å²) in [6.07, 6.45) is 1.64. The Morgan fingerprint density at radius 1 is 1.59 bits per heavy atom. The molecule has 0 aliphatic rings. The van der Waals surface area contributed by atoms with E-state index in [9.17, 15) is 8.42 Å². The van der Waals surface area contributed by atoms with Crippen molar-refractivity contribution in [3.8, 4) is 0 Å². The summed E-state index contributed by atoms with van der Waals surface area (Å²) in [4.78, 5) is 0. The molecule has 98 valence electrons. The van der Waals surface area contributed by atoms with Gasteiger partial charge in [0.1, 0.15) is 4.21 Å². The van der Waals surface area contributed by atoms with Crippen LogP contribution in [0.2, 0.25) is 0 Å². The van der Waals surface area contributed by atoms with Gasteiger partial charge in [0.2, 0.25) is 10.0 Å². The summed E-state index contributed by atoms with van der Waals surface area (Å²) in [5, 5.41) is 1.61. The summed E-state index contributed by atoms with van der Waals surface area (Å²) in [5.74, 6) is 0. The second-order valence-corrected chi connectivity index (χ2v) is 6.61. The van der Waals surface area contributed by atoms with Crippen LogP contribution in [0.4, 0.5) is 5.69 Å². The molecule has 0 amide bonds. The van der Waals surface area contributed by atoms with Crippen LogP contribution in [0.25, 0.3) is 0 Å². The summed E-state index contributed by atoms with van der Waals surface area (Å²) in [7, 11) is -1.92. The maximum atomic E-state index is 12.0. The van der Waals surface area contributed by atoms with Crippen LogP contribution in [-0.4, -0.2) is 28.2 Å². The predicted molar refractivity (Wildman–Crippen MR) is 69.6 cm³/mol. The first-order valence-corrected chi connectivity index (χ1v) is 7.71. The molecule has 17 heavy (non-hydrogen) atoms. The minimum Gasteiger partial charge on any atom is -0.398 e. The Bertz CT molecular complexity index is 436. The van der Waals surface area contributed by atoms with Crippen LogP contribution < -0.4 is 10.5 Å². The summed E-state index contributed by atoms with van der Waals surface area (Å²) in [6.45, 7) is 2.37. The number of hydrogen-bond donors (Lipinski definition) is 2. The first-order chi connectivity index (χ1) is 7.99. The van der Waals surface area contributed by atoms with E-state index >= 15 is 0 Å². The van der Waals surface area contributed by atoms with Crippen molar-refractivity contribution >= 4 is 27.0 Å². The molecule has 0 radical (unpaired) electrons. The van der Waals surface area contributed by atoms with Crippen LogP contribution >= 0.6 is 11.3 Å². The van der Waals surface area contributed by atoms with Crippen LogP contribution in [0.15, 0.2) is 15.7 Å². The molecule has 0 aliphatic carbocycles. The molecule has 0 aliphatic heterocycles. The Kier molecular flexibility index (Phi) is 5.38. The van der Waals surface area contributed by atoms with Crippen LogP contribution in [0.3, 0.4) is 0 Å². The van der Waals surface area contributed by atoms with Crippen molar-refractivity contribution in [3.05, 3.63) is 11.4 Å². The van der Waals surface area contributed by atoms with Gasteiger partial charge < -0.3 is 10.5 Å². The van der Waals surface area contributed by atoms with E-state index in [1.165, 1.54) is 6.07 Å². The second kappa shape index (κ2) is 6.34. The fraction of sp³-hybridized carbons (Fsp3) is 0.600. The highest BCUT2D eigenvalue weighted by Gasteiger charge is 2.21. The smallest absolute Gasteiger partial charge is 0.250 e. The van der Waals surface area contributed by atoms with Gasteiger partial charge in [0, 0.05) is 24.2 Å². The number of rotatable bonds is 7. The third kappa shape index (κ3) is 4.27. The van der Waals surface area contributed by atoms with Crippen molar-refractivity contribution in [3.63, 3.8) is 0 Å². The lowest BCUT2D eigenvalue weighted by atomic mass is 10.2. The quantitative estimate of drug-likeness (QED) is 0.790. The molecule has 1 aromatic rings. The Morgan fingerprint density at radius 3 is 2.76 bits per heavy atom. The summed E-state index contributed by atoms with van der Waals surface area (Å²) in [5.41, 5.74) is 5.98. The van der Waals surface area contributed by atoms with Crippen molar-refractivity contribution in [1.29, 1.82) is 0 Å². The Hall–Kier alpha value is -0.630. The van der Waals surface area contributed by atoms with Gasteiger partial charge in [0.15, 0.2) is 0 Å². The van der Waals surface area contributed by atoms with Crippen LogP contribution in [0.1, 0.15) is 19.8 Å². The van der Waals surface area contributed by atoms with Gasteiger partial charge in [-0.05, 0) is 12.5 Å². The molecule has 0 saturated heterocycles. The SMILES string of the molecule is CCCC(COC)NS(=O)(=O)c1cc(N)cs1. The lowest BCUT2D eigenvalue weighted by molar-refractivity contribution is 0.171. The van der Waals surface area contributed by atoms with Crippen molar-refractivity contribution in [2.45, 2.75) is 30.0 Å². The standard InChI is InChI=1S/C10H18N2O3S2/c1-3-4-9(6-15-2)12-17(13,14)10-5-8(11)7-16-10/h5,7,9,12H,3-4,6,11H2,1-2H3. The average molecular weight is 278 g/mol. The molecule has 3 N–H and O–H groups in total. The Labute approximate surface area is 106 Å². The van der Waals surface area contributed by atoms with Gasteiger partial charge in [0.25, 0.3) is 0 Å². The van der Waals surface area contributed by atoms with Crippen LogP contribution in [-0.2, 0) is 14.8 Å². The zero-order chi connectivity index (χ0) is 12.9. The number of thiophene rings is 1. The van der Waals surface area contributed by atoms with Crippen LogP contribution in [0, 0.1) is 0 Å². The second-order valence-electron chi connectivity index (χ2n) is 3.76. The Morgan fingerprint density at radius 2 is 2.29 bits per heavy atom.